The number of hydrogen-bond acceptors (Lipinski definition) is 4. The molecule has 0 saturated heterocycles. The summed E-state index contributed by atoms with van der Waals surface area (Å²) in [7, 11) is 0. The van der Waals surface area contributed by atoms with Gasteiger partial charge in [-0.3, -0.25) is 0 Å². The van der Waals surface area contributed by atoms with E-state index in [4.69, 9.17) is 11.6 Å². The molecule has 0 bridgehead atoms. The lowest BCUT2D eigenvalue weighted by atomic mass is 10.2. The minimum atomic E-state index is 0.579. The van der Waals surface area contributed by atoms with Crippen LogP contribution < -0.4 is 0 Å². The fourth-order valence-electron chi connectivity index (χ4n) is 1.41. The fourth-order valence-corrected chi connectivity index (χ4v) is 3.59. The molecule has 0 aliphatic heterocycles. The van der Waals surface area contributed by atoms with Crippen LogP contribution in [0.5, 0.6) is 0 Å². The second-order valence-electron chi connectivity index (χ2n) is 4.31. The lowest BCUT2D eigenvalue weighted by Gasteiger charge is -2.04. The monoisotopic (exact) mass is 286 g/mol. The fraction of sp³-hybridized carbons (Fsp3) is 0.500. The molecule has 0 fully saturated rings. The van der Waals surface area contributed by atoms with Gasteiger partial charge in [0, 0.05) is 5.39 Å². The van der Waals surface area contributed by atoms with E-state index in [1.807, 2.05) is 23.2 Å². The normalized spacial score (nSPS) is 11.5. The van der Waals surface area contributed by atoms with E-state index in [1.54, 1.807) is 11.3 Å². The average molecular weight is 287 g/mol. The van der Waals surface area contributed by atoms with Gasteiger partial charge in [-0.25, -0.2) is 9.97 Å². The minimum absolute atomic E-state index is 0.579. The summed E-state index contributed by atoms with van der Waals surface area (Å²) >= 11 is 9.60. The van der Waals surface area contributed by atoms with Crippen molar-refractivity contribution in [3.8, 4) is 0 Å². The second-order valence-corrected chi connectivity index (χ2v) is 6.66. The summed E-state index contributed by atoms with van der Waals surface area (Å²) in [5.41, 5.74) is 0. The standard InChI is InChI=1S/C12H15ClN2S2/c1-8(2)3-5-16-7-10-14-11(13)9-4-6-17-12(9)15-10/h4,6,8H,3,5,7H2,1-2H3. The first-order valence-corrected chi connectivity index (χ1v) is 8.05. The Labute approximate surface area is 115 Å². The van der Waals surface area contributed by atoms with Gasteiger partial charge in [0.05, 0.1) is 5.75 Å². The number of rotatable bonds is 5. The third kappa shape index (κ3) is 3.57. The van der Waals surface area contributed by atoms with E-state index in [0.29, 0.717) is 5.15 Å². The number of halogens is 1. The van der Waals surface area contributed by atoms with E-state index >= 15 is 0 Å². The summed E-state index contributed by atoms with van der Waals surface area (Å²) in [6.45, 7) is 4.48. The molecule has 2 aromatic heterocycles. The van der Waals surface area contributed by atoms with Crippen LogP contribution in [0, 0.1) is 5.92 Å². The van der Waals surface area contributed by atoms with Gasteiger partial charge in [-0.15, -0.1) is 11.3 Å². The van der Waals surface area contributed by atoms with Crippen LogP contribution in [0.2, 0.25) is 5.15 Å². The summed E-state index contributed by atoms with van der Waals surface area (Å²) in [5, 5.41) is 3.55. The van der Waals surface area contributed by atoms with Crippen LogP contribution >= 0.6 is 34.7 Å². The SMILES string of the molecule is CC(C)CCSCc1nc(Cl)c2ccsc2n1. The van der Waals surface area contributed by atoms with Crippen molar-refractivity contribution >= 4 is 44.9 Å². The molecule has 2 aromatic rings. The first-order chi connectivity index (χ1) is 8.16. The number of nitrogens with zero attached hydrogens (tertiary/aromatic N) is 2. The molecule has 0 saturated carbocycles. The third-order valence-electron chi connectivity index (χ3n) is 2.40. The van der Waals surface area contributed by atoms with Crippen LogP contribution in [0.4, 0.5) is 0 Å². The molecule has 0 atom stereocenters. The van der Waals surface area contributed by atoms with E-state index < -0.39 is 0 Å². The minimum Gasteiger partial charge on any atom is -0.221 e. The van der Waals surface area contributed by atoms with Crippen molar-refractivity contribution in [2.75, 3.05) is 5.75 Å². The van der Waals surface area contributed by atoms with Crippen molar-refractivity contribution < 1.29 is 0 Å². The van der Waals surface area contributed by atoms with Gasteiger partial charge < -0.3 is 0 Å². The summed E-state index contributed by atoms with van der Waals surface area (Å²) in [4.78, 5) is 9.84. The van der Waals surface area contributed by atoms with Gasteiger partial charge in [0.2, 0.25) is 0 Å². The predicted molar refractivity (Wildman–Crippen MR) is 78.0 cm³/mol. The number of hydrogen-bond donors (Lipinski definition) is 0. The van der Waals surface area contributed by atoms with Crippen LogP contribution in [0.25, 0.3) is 10.2 Å². The second kappa shape index (κ2) is 6.03. The van der Waals surface area contributed by atoms with E-state index in [9.17, 15) is 0 Å². The van der Waals surface area contributed by atoms with Crippen LogP contribution in [0.15, 0.2) is 11.4 Å². The highest BCUT2D eigenvalue weighted by molar-refractivity contribution is 7.98. The zero-order valence-electron chi connectivity index (χ0n) is 9.94. The number of aromatic nitrogens is 2. The van der Waals surface area contributed by atoms with Crippen LogP contribution in [-0.4, -0.2) is 15.7 Å². The largest absolute Gasteiger partial charge is 0.221 e. The molecule has 0 spiro atoms. The maximum absolute atomic E-state index is 6.11. The van der Waals surface area contributed by atoms with Gasteiger partial charge in [0.15, 0.2) is 0 Å². The van der Waals surface area contributed by atoms with Crippen molar-refractivity contribution in [1.29, 1.82) is 0 Å². The third-order valence-corrected chi connectivity index (χ3v) is 4.48. The van der Waals surface area contributed by atoms with Crippen molar-refractivity contribution in [1.82, 2.24) is 9.97 Å². The predicted octanol–water partition coefficient (Wildman–Crippen LogP) is 4.62. The highest BCUT2D eigenvalue weighted by Gasteiger charge is 2.07. The highest BCUT2D eigenvalue weighted by Crippen LogP contribution is 2.25. The van der Waals surface area contributed by atoms with Gasteiger partial charge in [0.1, 0.15) is 15.8 Å². The molecule has 92 valence electrons. The first-order valence-electron chi connectivity index (χ1n) is 5.64. The summed E-state index contributed by atoms with van der Waals surface area (Å²) in [5.74, 6) is 3.60. The highest BCUT2D eigenvalue weighted by atomic mass is 35.5. The van der Waals surface area contributed by atoms with Gasteiger partial charge in [-0.1, -0.05) is 25.4 Å². The smallest absolute Gasteiger partial charge is 0.141 e. The number of thiophene rings is 1. The first kappa shape index (κ1) is 13.1. The van der Waals surface area contributed by atoms with E-state index in [-0.39, 0.29) is 0 Å². The maximum Gasteiger partial charge on any atom is 0.141 e. The summed E-state index contributed by atoms with van der Waals surface area (Å²) in [6.07, 6.45) is 1.24. The van der Waals surface area contributed by atoms with Gasteiger partial charge in [-0.2, -0.15) is 11.8 Å². The van der Waals surface area contributed by atoms with Gasteiger partial charge in [0.25, 0.3) is 0 Å². The molecule has 0 radical (unpaired) electrons. The molecule has 5 heteroatoms. The van der Waals surface area contributed by atoms with Crippen LogP contribution in [0.1, 0.15) is 26.1 Å². The Hall–Kier alpha value is -0.320. The number of fused-ring (bicyclic) bond motifs is 1. The van der Waals surface area contributed by atoms with Gasteiger partial charge >= 0.3 is 0 Å². The molecule has 0 aliphatic carbocycles. The Bertz CT molecular complexity index is 496. The van der Waals surface area contributed by atoms with Gasteiger partial charge in [-0.05, 0) is 29.5 Å². The van der Waals surface area contributed by atoms with Crippen molar-refractivity contribution in [2.24, 2.45) is 5.92 Å². The van der Waals surface area contributed by atoms with E-state index in [1.165, 1.54) is 6.42 Å². The van der Waals surface area contributed by atoms with Crippen molar-refractivity contribution in [3.63, 3.8) is 0 Å². The lowest BCUT2D eigenvalue weighted by molar-refractivity contribution is 0.632. The summed E-state index contributed by atoms with van der Waals surface area (Å²) < 4.78 is 0. The summed E-state index contributed by atoms with van der Waals surface area (Å²) in [6, 6.07) is 1.97. The molecular formula is C12H15ClN2S2. The zero-order chi connectivity index (χ0) is 12.3. The molecule has 2 heterocycles. The molecule has 0 aliphatic rings. The zero-order valence-corrected chi connectivity index (χ0v) is 12.3. The Balaban J connectivity index is 1.99. The molecule has 0 aromatic carbocycles. The lowest BCUT2D eigenvalue weighted by Crippen LogP contribution is -1.95. The number of thioether (sulfide) groups is 1. The Morgan fingerprint density at radius 1 is 1.41 bits per heavy atom. The maximum atomic E-state index is 6.11. The Morgan fingerprint density at radius 3 is 3.00 bits per heavy atom. The molecule has 0 unspecified atom stereocenters. The van der Waals surface area contributed by atoms with Crippen molar-refractivity contribution in [3.05, 3.63) is 22.4 Å². The Morgan fingerprint density at radius 2 is 2.24 bits per heavy atom. The quantitative estimate of drug-likeness (QED) is 0.592. The molecule has 2 rings (SSSR count). The molecule has 17 heavy (non-hydrogen) atoms. The molecule has 0 amide bonds. The average Bonchev–Trinajstić information content (AvgIpc) is 2.72. The van der Waals surface area contributed by atoms with Crippen LogP contribution in [0.3, 0.4) is 0 Å². The molecule has 0 N–H and O–H groups in total. The van der Waals surface area contributed by atoms with Crippen molar-refractivity contribution in [2.45, 2.75) is 26.0 Å². The van der Waals surface area contributed by atoms with E-state index in [0.717, 1.165) is 33.5 Å². The van der Waals surface area contributed by atoms with E-state index in [2.05, 4.69) is 23.8 Å². The Kier molecular flexibility index (Phi) is 4.65. The molecule has 2 nitrogen and oxygen atoms in total. The topological polar surface area (TPSA) is 25.8 Å². The van der Waals surface area contributed by atoms with Crippen LogP contribution in [-0.2, 0) is 5.75 Å². The molecular weight excluding hydrogens is 272 g/mol.